The van der Waals surface area contributed by atoms with Crippen LogP contribution in [0.25, 0.3) is 21.1 Å². The van der Waals surface area contributed by atoms with Crippen molar-refractivity contribution in [1.29, 1.82) is 0 Å². The van der Waals surface area contributed by atoms with Crippen LogP contribution in [-0.2, 0) is 0 Å². The maximum Gasteiger partial charge on any atom is 0.252 e. The van der Waals surface area contributed by atoms with Gasteiger partial charge in [0.2, 0.25) is 0 Å². The lowest BCUT2D eigenvalue weighted by Crippen LogP contribution is -2.31. The van der Waals surface area contributed by atoms with Crippen molar-refractivity contribution >= 4 is 28.8 Å². The number of aromatic nitrogens is 2. The van der Waals surface area contributed by atoms with Crippen LogP contribution in [0.4, 0.5) is 4.39 Å². The number of hydrogen-bond donors (Lipinski definition) is 3. The SMILES string of the molecule is CC(C)Oc1ccc(-c2nnc(-c3cc(F)c(OC[C@H](N)CO)cc3Cl)s2)cc1C(N)=O. The Kier molecular flexibility index (Phi) is 7.62. The minimum absolute atomic E-state index is 0.0647. The molecular weight excluding hydrogens is 459 g/mol. The molecule has 5 N–H and O–H groups in total. The van der Waals surface area contributed by atoms with E-state index in [0.717, 1.165) is 0 Å². The summed E-state index contributed by atoms with van der Waals surface area (Å²) >= 11 is 7.48. The lowest BCUT2D eigenvalue weighted by atomic mass is 10.1. The van der Waals surface area contributed by atoms with Crippen LogP contribution in [-0.4, -0.2) is 46.6 Å². The van der Waals surface area contributed by atoms with Crippen molar-refractivity contribution < 1.29 is 23.8 Å². The highest BCUT2D eigenvalue weighted by molar-refractivity contribution is 7.18. The predicted octanol–water partition coefficient (Wildman–Crippen LogP) is 3.25. The van der Waals surface area contributed by atoms with Crippen molar-refractivity contribution in [2.75, 3.05) is 13.2 Å². The third kappa shape index (κ3) is 5.52. The molecule has 0 spiro atoms. The van der Waals surface area contributed by atoms with Crippen LogP contribution in [0.2, 0.25) is 5.02 Å². The summed E-state index contributed by atoms with van der Waals surface area (Å²) in [7, 11) is 0. The number of rotatable bonds is 9. The summed E-state index contributed by atoms with van der Waals surface area (Å²) < 4.78 is 25.4. The smallest absolute Gasteiger partial charge is 0.252 e. The molecule has 170 valence electrons. The zero-order valence-corrected chi connectivity index (χ0v) is 18.9. The van der Waals surface area contributed by atoms with Crippen molar-refractivity contribution in [2.45, 2.75) is 26.0 Å². The molecule has 0 saturated heterocycles. The van der Waals surface area contributed by atoms with Gasteiger partial charge in [-0.15, -0.1) is 10.2 Å². The van der Waals surface area contributed by atoms with Gasteiger partial charge in [0.15, 0.2) is 11.6 Å². The fourth-order valence-electron chi connectivity index (χ4n) is 2.71. The van der Waals surface area contributed by atoms with Crippen molar-refractivity contribution in [1.82, 2.24) is 10.2 Å². The van der Waals surface area contributed by atoms with E-state index in [2.05, 4.69) is 10.2 Å². The molecule has 1 amide bonds. The van der Waals surface area contributed by atoms with Crippen molar-refractivity contribution in [3.05, 3.63) is 46.7 Å². The molecule has 0 aliphatic heterocycles. The molecule has 0 saturated carbocycles. The number of carbonyl (C=O) groups excluding carboxylic acids is 1. The molecular formula is C21H22ClFN4O4S. The molecule has 0 aliphatic carbocycles. The zero-order chi connectivity index (χ0) is 23.4. The monoisotopic (exact) mass is 480 g/mol. The summed E-state index contributed by atoms with van der Waals surface area (Å²) in [5, 5.41) is 18.3. The Hall–Kier alpha value is -2.79. The first-order valence-electron chi connectivity index (χ1n) is 9.62. The van der Waals surface area contributed by atoms with Gasteiger partial charge in [0.1, 0.15) is 22.4 Å². The lowest BCUT2D eigenvalue weighted by molar-refractivity contribution is 0.0994. The van der Waals surface area contributed by atoms with Crippen molar-refractivity contribution in [2.24, 2.45) is 11.5 Å². The largest absolute Gasteiger partial charge is 0.490 e. The number of carbonyl (C=O) groups is 1. The average molecular weight is 481 g/mol. The molecule has 0 fully saturated rings. The van der Waals surface area contributed by atoms with E-state index in [9.17, 15) is 9.18 Å². The van der Waals surface area contributed by atoms with Gasteiger partial charge in [0.25, 0.3) is 5.91 Å². The molecule has 0 radical (unpaired) electrons. The summed E-state index contributed by atoms with van der Waals surface area (Å²) in [5.74, 6) is -0.992. The minimum atomic E-state index is -0.655. The van der Waals surface area contributed by atoms with Gasteiger partial charge in [-0.25, -0.2) is 4.39 Å². The van der Waals surface area contributed by atoms with Crippen LogP contribution < -0.4 is 20.9 Å². The Balaban J connectivity index is 1.89. The highest BCUT2D eigenvalue weighted by atomic mass is 35.5. The van der Waals surface area contributed by atoms with Crippen molar-refractivity contribution in [3.63, 3.8) is 0 Å². The minimum Gasteiger partial charge on any atom is -0.490 e. The van der Waals surface area contributed by atoms with Gasteiger partial charge in [-0.05, 0) is 38.1 Å². The van der Waals surface area contributed by atoms with E-state index in [0.29, 0.717) is 26.9 Å². The van der Waals surface area contributed by atoms with Crippen LogP contribution in [0.5, 0.6) is 11.5 Å². The number of primary amides is 1. The summed E-state index contributed by atoms with van der Waals surface area (Å²) in [6, 6.07) is 6.83. The number of aliphatic hydroxyl groups is 1. The van der Waals surface area contributed by atoms with Crippen LogP contribution >= 0.6 is 22.9 Å². The molecule has 8 nitrogen and oxygen atoms in total. The molecule has 2 aromatic carbocycles. The maximum atomic E-state index is 14.5. The Bertz CT molecular complexity index is 1130. The highest BCUT2D eigenvalue weighted by Gasteiger charge is 2.18. The Morgan fingerprint density at radius 2 is 1.94 bits per heavy atom. The van der Waals surface area contributed by atoms with E-state index in [4.69, 9.17) is 37.6 Å². The molecule has 1 aromatic heterocycles. The third-order valence-corrected chi connectivity index (χ3v) is 5.54. The normalized spacial score (nSPS) is 12.1. The van der Waals surface area contributed by atoms with Gasteiger partial charge < -0.3 is 26.0 Å². The van der Waals surface area contributed by atoms with Gasteiger partial charge >= 0.3 is 0 Å². The molecule has 3 rings (SSSR count). The lowest BCUT2D eigenvalue weighted by Gasteiger charge is -2.13. The number of nitrogens with two attached hydrogens (primary N) is 2. The third-order valence-electron chi connectivity index (χ3n) is 4.22. The number of aliphatic hydroxyl groups excluding tert-OH is 1. The first-order valence-corrected chi connectivity index (χ1v) is 10.8. The van der Waals surface area contributed by atoms with Gasteiger partial charge in [-0.3, -0.25) is 4.79 Å². The van der Waals surface area contributed by atoms with E-state index < -0.39 is 17.8 Å². The van der Waals surface area contributed by atoms with E-state index >= 15 is 0 Å². The van der Waals surface area contributed by atoms with E-state index in [1.807, 2.05) is 13.8 Å². The summed E-state index contributed by atoms with van der Waals surface area (Å²) in [6.45, 7) is 3.33. The molecule has 0 aliphatic rings. The number of hydrogen-bond acceptors (Lipinski definition) is 8. The zero-order valence-electron chi connectivity index (χ0n) is 17.3. The number of benzene rings is 2. The number of nitrogens with zero attached hydrogens (tertiary/aromatic N) is 2. The number of ether oxygens (including phenoxy) is 2. The fraction of sp³-hybridized carbons (Fsp3) is 0.286. The molecule has 11 heteroatoms. The van der Waals surface area contributed by atoms with Gasteiger partial charge in [-0.2, -0.15) is 0 Å². The van der Waals surface area contributed by atoms with Crippen LogP contribution in [0.1, 0.15) is 24.2 Å². The van der Waals surface area contributed by atoms with Crippen molar-refractivity contribution in [3.8, 4) is 32.6 Å². The molecule has 3 aromatic rings. The molecule has 1 heterocycles. The molecule has 32 heavy (non-hydrogen) atoms. The quantitative estimate of drug-likeness (QED) is 0.428. The molecule has 0 unspecified atom stereocenters. The van der Waals surface area contributed by atoms with Gasteiger partial charge in [0.05, 0.1) is 29.3 Å². The van der Waals surface area contributed by atoms with Gasteiger partial charge in [0, 0.05) is 17.2 Å². The number of halogens is 2. The predicted molar refractivity (Wildman–Crippen MR) is 121 cm³/mol. The van der Waals surface area contributed by atoms with Crippen LogP contribution in [0.3, 0.4) is 0 Å². The average Bonchev–Trinajstić information content (AvgIpc) is 3.23. The second kappa shape index (κ2) is 10.2. The second-order valence-corrected chi connectivity index (χ2v) is 8.56. The van der Waals surface area contributed by atoms with E-state index in [1.165, 1.54) is 23.5 Å². The molecule has 0 bridgehead atoms. The van der Waals surface area contributed by atoms with E-state index in [1.54, 1.807) is 18.2 Å². The number of amides is 1. The first kappa shape index (κ1) is 23.9. The summed E-state index contributed by atoms with van der Waals surface area (Å²) in [5.41, 5.74) is 12.2. The summed E-state index contributed by atoms with van der Waals surface area (Å²) in [6.07, 6.45) is -0.129. The first-order chi connectivity index (χ1) is 15.2. The topological polar surface area (TPSA) is 134 Å². The summed E-state index contributed by atoms with van der Waals surface area (Å²) in [4.78, 5) is 11.9. The fourth-order valence-corrected chi connectivity index (χ4v) is 3.88. The molecule has 1 atom stereocenters. The Morgan fingerprint density at radius 3 is 2.59 bits per heavy atom. The Morgan fingerprint density at radius 1 is 1.22 bits per heavy atom. The van der Waals surface area contributed by atoms with Crippen LogP contribution in [0, 0.1) is 5.82 Å². The Labute approximate surface area is 192 Å². The maximum absolute atomic E-state index is 14.5. The standard InChI is InChI=1S/C21H22ClFN4O4S/c1-10(2)31-17-4-3-11(5-14(17)19(25)29)20-26-27-21(32-20)13-6-16(23)18(7-15(13)22)30-9-12(24)8-28/h3-7,10,12,28H,8-9,24H2,1-2H3,(H2,25,29)/t12-/m1/s1. The van der Waals surface area contributed by atoms with Gasteiger partial charge in [-0.1, -0.05) is 22.9 Å². The highest BCUT2D eigenvalue weighted by Crippen LogP contribution is 2.38. The second-order valence-electron chi connectivity index (χ2n) is 7.17. The van der Waals surface area contributed by atoms with Crippen LogP contribution in [0.15, 0.2) is 30.3 Å². The van der Waals surface area contributed by atoms with E-state index in [-0.39, 0.29) is 35.7 Å².